The van der Waals surface area contributed by atoms with Crippen LogP contribution in [0.3, 0.4) is 0 Å². The first-order valence-corrected chi connectivity index (χ1v) is 2.57. The number of hydrogen-bond donors (Lipinski definition) is 1. The first-order valence-electron chi connectivity index (χ1n) is 2.57. The molecule has 3 nitrogen and oxygen atoms in total. The van der Waals surface area contributed by atoms with Gasteiger partial charge in [-0.15, -0.1) is 0 Å². The number of carboxylic acid groups (broad SMARTS) is 1. The fraction of sp³-hybridized carbons (Fsp3) is 0.800. The molecule has 0 fully saturated rings. The molecular formula is C5H9O3-. The highest BCUT2D eigenvalue weighted by Gasteiger charge is 2.00. The summed E-state index contributed by atoms with van der Waals surface area (Å²) in [5, 5.41) is 18.2. The fourth-order valence-electron chi connectivity index (χ4n) is 0.391. The van der Waals surface area contributed by atoms with Crippen molar-refractivity contribution in [2.24, 2.45) is 0 Å². The maximum atomic E-state index is 9.73. The third-order valence-corrected chi connectivity index (χ3v) is 0.834. The molecule has 0 saturated carbocycles. The van der Waals surface area contributed by atoms with Crippen LogP contribution in [0.5, 0.6) is 0 Å². The smallest absolute Gasteiger partial charge is 0.0933 e. The second kappa shape index (κ2) is 3.43. The van der Waals surface area contributed by atoms with Gasteiger partial charge in [-0.3, -0.25) is 0 Å². The van der Waals surface area contributed by atoms with E-state index in [1.54, 1.807) is 6.92 Å². The Morgan fingerprint density at radius 1 is 1.88 bits per heavy atom. The predicted molar refractivity (Wildman–Crippen MR) is 25.9 cm³/mol. The van der Waals surface area contributed by atoms with Crippen LogP contribution in [0.15, 0.2) is 0 Å². The van der Waals surface area contributed by atoms with Gasteiger partial charge in [-0.2, -0.15) is 0 Å². The SMILES string of the molecule is CCC[C@H](O)C(=O)[O-]. The van der Waals surface area contributed by atoms with Gasteiger partial charge in [-0.1, -0.05) is 13.3 Å². The molecule has 1 atom stereocenters. The molecule has 0 saturated heterocycles. The number of hydrogen-bond acceptors (Lipinski definition) is 3. The number of aliphatic hydroxyl groups excluding tert-OH is 1. The zero-order chi connectivity index (χ0) is 6.57. The quantitative estimate of drug-likeness (QED) is 0.510. The largest absolute Gasteiger partial charge is 0.547 e. The molecule has 0 aromatic heterocycles. The van der Waals surface area contributed by atoms with Gasteiger partial charge in [0.25, 0.3) is 0 Å². The second-order valence-corrected chi connectivity index (χ2v) is 1.62. The molecule has 0 aromatic rings. The summed E-state index contributed by atoms with van der Waals surface area (Å²) in [5.74, 6) is -1.38. The molecule has 0 spiro atoms. The van der Waals surface area contributed by atoms with Crippen molar-refractivity contribution >= 4 is 5.97 Å². The van der Waals surface area contributed by atoms with Crippen LogP contribution in [-0.2, 0) is 4.79 Å². The number of aliphatic carboxylic acids is 1. The fourth-order valence-corrected chi connectivity index (χ4v) is 0.391. The van der Waals surface area contributed by atoms with Crippen molar-refractivity contribution in [2.75, 3.05) is 0 Å². The number of carbonyl (C=O) groups is 1. The highest BCUT2D eigenvalue weighted by molar-refractivity contribution is 5.69. The summed E-state index contributed by atoms with van der Waals surface area (Å²) in [5.41, 5.74) is 0. The van der Waals surface area contributed by atoms with Crippen molar-refractivity contribution in [1.29, 1.82) is 0 Å². The molecule has 0 heterocycles. The minimum absolute atomic E-state index is 0.280. The van der Waals surface area contributed by atoms with Crippen molar-refractivity contribution in [3.63, 3.8) is 0 Å². The molecule has 48 valence electrons. The van der Waals surface area contributed by atoms with E-state index in [1.165, 1.54) is 0 Å². The summed E-state index contributed by atoms with van der Waals surface area (Å²) in [7, 11) is 0. The summed E-state index contributed by atoms with van der Waals surface area (Å²) in [6, 6.07) is 0. The minimum atomic E-state index is -1.38. The highest BCUT2D eigenvalue weighted by atomic mass is 16.4. The average molecular weight is 117 g/mol. The second-order valence-electron chi connectivity index (χ2n) is 1.62. The molecule has 0 aromatic carbocycles. The standard InChI is InChI=1S/C5H10O3/c1-2-3-4(6)5(7)8/h4,6H,2-3H2,1H3,(H,7,8)/p-1/t4-/m0/s1. The Labute approximate surface area is 47.9 Å². The summed E-state index contributed by atoms with van der Waals surface area (Å²) < 4.78 is 0. The van der Waals surface area contributed by atoms with Gasteiger partial charge < -0.3 is 15.0 Å². The third-order valence-electron chi connectivity index (χ3n) is 0.834. The molecule has 0 aliphatic heterocycles. The van der Waals surface area contributed by atoms with Crippen molar-refractivity contribution in [3.05, 3.63) is 0 Å². The Morgan fingerprint density at radius 3 is 2.50 bits per heavy atom. The van der Waals surface area contributed by atoms with E-state index in [9.17, 15) is 9.90 Å². The number of rotatable bonds is 3. The molecule has 0 unspecified atom stereocenters. The van der Waals surface area contributed by atoms with Crippen LogP contribution in [0.4, 0.5) is 0 Å². The van der Waals surface area contributed by atoms with Crippen LogP contribution < -0.4 is 5.11 Å². The molecule has 0 radical (unpaired) electrons. The molecule has 3 heteroatoms. The van der Waals surface area contributed by atoms with Gasteiger partial charge in [0.05, 0.1) is 12.1 Å². The molecule has 0 rings (SSSR count). The first kappa shape index (κ1) is 7.43. The molecule has 0 aliphatic carbocycles. The Kier molecular flexibility index (Phi) is 3.19. The van der Waals surface area contributed by atoms with Crippen molar-refractivity contribution < 1.29 is 15.0 Å². The Balaban J connectivity index is 3.32. The summed E-state index contributed by atoms with van der Waals surface area (Å²) >= 11 is 0. The maximum absolute atomic E-state index is 9.73. The highest BCUT2D eigenvalue weighted by Crippen LogP contribution is 1.92. The lowest BCUT2D eigenvalue weighted by molar-refractivity contribution is -0.315. The average Bonchev–Trinajstić information content (AvgIpc) is 1.67. The Hall–Kier alpha value is -0.570. The van der Waals surface area contributed by atoms with Crippen LogP contribution in [0.25, 0.3) is 0 Å². The van der Waals surface area contributed by atoms with E-state index in [-0.39, 0.29) is 6.42 Å². The van der Waals surface area contributed by atoms with E-state index in [1.807, 2.05) is 0 Å². The van der Waals surface area contributed by atoms with Crippen LogP contribution in [0, 0.1) is 0 Å². The van der Waals surface area contributed by atoms with Crippen LogP contribution in [0.1, 0.15) is 19.8 Å². The van der Waals surface area contributed by atoms with E-state index in [0.717, 1.165) is 0 Å². The van der Waals surface area contributed by atoms with Gasteiger partial charge in [-0.05, 0) is 6.42 Å². The molecule has 1 N–H and O–H groups in total. The molecule has 8 heavy (non-hydrogen) atoms. The van der Waals surface area contributed by atoms with E-state index in [4.69, 9.17) is 5.11 Å². The maximum Gasteiger partial charge on any atom is 0.0933 e. The van der Waals surface area contributed by atoms with Gasteiger partial charge in [0.2, 0.25) is 0 Å². The Bertz CT molecular complexity index is 79.7. The number of carboxylic acids is 1. The molecular weight excluding hydrogens is 108 g/mol. The van der Waals surface area contributed by atoms with E-state index in [0.29, 0.717) is 6.42 Å². The molecule has 0 aliphatic rings. The lowest BCUT2D eigenvalue weighted by Crippen LogP contribution is -2.35. The van der Waals surface area contributed by atoms with Crippen LogP contribution >= 0.6 is 0 Å². The normalized spacial score (nSPS) is 13.2. The summed E-state index contributed by atoms with van der Waals surface area (Å²) in [6.45, 7) is 1.80. The minimum Gasteiger partial charge on any atom is -0.547 e. The molecule has 0 bridgehead atoms. The summed E-state index contributed by atoms with van der Waals surface area (Å²) in [4.78, 5) is 9.73. The molecule has 0 amide bonds. The topological polar surface area (TPSA) is 60.4 Å². The van der Waals surface area contributed by atoms with Gasteiger partial charge in [-0.25, -0.2) is 0 Å². The van der Waals surface area contributed by atoms with Crippen molar-refractivity contribution in [3.8, 4) is 0 Å². The van der Waals surface area contributed by atoms with E-state index in [2.05, 4.69) is 0 Å². The lowest BCUT2D eigenvalue weighted by atomic mass is 10.2. The van der Waals surface area contributed by atoms with Crippen LogP contribution in [-0.4, -0.2) is 17.2 Å². The monoisotopic (exact) mass is 117 g/mol. The number of carbonyl (C=O) groups excluding carboxylic acids is 1. The third kappa shape index (κ3) is 2.58. The van der Waals surface area contributed by atoms with Gasteiger partial charge in [0, 0.05) is 0 Å². The predicted octanol–water partition coefficient (Wildman–Crippen LogP) is -1.10. The lowest BCUT2D eigenvalue weighted by Gasteiger charge is -2.07. The zero-order valence-electron chi connectivity index (χ0n) is 4.76. The van der Waals surface area contributed by atoms with Gasteiger partial charge in [0.15, 0.2) is 0 Å². The van der Waals surface area contributed by atoms with Crippen LogP contribution in [0.2, 0.25) is 0 Å². The van der Waals surface area contributed by atoms with Gasteiger partial charge >= 0.3 is 0 Å². The van der Waals surface area contributed by atoms with E-state index < -0.39 is 12.1 Å². The number of aliphatic hydroxyl groups is 1. The summed E-state index contributed by atoms with van der Waals surface area (Å²) in [6.07, 6.45) is -0.336. The zero-order valence-corrected chi connectivity index (χ0v) is 4.76. The van der Waals surface area contributed by atoms with Crippen molar-refractivity contribution in [1.82, 2.24) is 0 Å². The first-order chi connectivity index (χ1) is 3.68. The Morgan fingerprint density at radius 2 is 2.38 bits per heavy atom. The van der Waals surface area contributed by atoms with E-state index >= 15 is 0 Å². The van der Waals surface area contributed by atoms with Gasteiger partial charge in [0.1, 0.15) is 0 Å². The van der Waals surface area contributed by atoms with Crippen molar-refractivity contribution in [2.45, 2.75) is 25.9 Å².